The first-order chi connectivity index (χ1) is 7.41. The van der Waals surface area contributed by atoms with Crippen LogP contribution in [0.25, 0.3) is 0 Å². The minimum Gasteiger partial charge on any atom is -0.480 e. The Kier molecular flexibility index (Phi) is 4.74. The Morgan fingerprint density at radius 2 is 2.06 bits per heavy atom. The lowest BCUT2D eigenvalue weighted by atomic mass is 9.76. The third-order valence-corrected chi connectivity index (χ3v) is 3.39. The zero-order valence-electron chi connectivity index (χ0n) is 10.2. The summed E-state index contributed by atoms with van der Waals surface area (Å²) in [5.41, 5.74) is 5.84. The van der Waals surface area contributed by atoms with E-state index in [0.717, 1.165) is 12.8 Å². The van der Waals surface area contributed by atoms with Gasteiger partial charge in [-0.15, -0.1) is 0 Å². The molecule has 1 rings (SSSR count). The molecule has 1 aliphatic carbocycles. The number of carboxylic acids is 1. The predicted molar refractivity (Wildman–Crippen MR) is 62.2 cm³/mol. The van der Waals surface area contributed by atoms with Crippen molar-refractivity contribution in [2.75, 3.05) is 6.61 Å². The molecule has 0 aromatic carbocycles. The van der Waals surface area contributed by atoms with E-state index in [1.807, 2.05) is 0 Å². The topological polar surface area (TPSA) is 72.5 Å². The Balaban J connectivity index is 2.13. The molecule has 1 unspecified atom stereocenters. The van der Waals surface area contributed by atoms with E-state index in [0.29, 0.717) is 24.5 Å². The maximum Gasteiger partial charge on any atom is 0.320 e. The molecule has 0 heterocycles. The number of aliphatic carboxylic acids is 1. The van der Waals surface area contributed by atoms with Crippen LogP contribution in [0.4, 0.5) is 0 Å². The fraction of sp³-hybridized carbons (Fsp3) is 0.917. The van der Waals surface area contributed by atoms with Gasteiger partial charge >= 0.3 is 5.97 Å². The molecule has 4 heteroatoms. The van der Waals surface area contributed by atoms with Crippen molar-refractivity contribution in [3.05, 3.63) is 0 Å². The highest BCUT2D eigenvalue weighted by Crippen LogP contribution is 2.36. The zero-order chi connectivity index (χ0) is 12.2. The van der Waals surface area contributed by atoms with Crippen molar-refractivity contribution in [1.29, 1.82) is 0 Å². The maximum absolute atomic E-state index is 10.5. The minimum atomic E-state index is -0.951. The average Bonchev–Trinajstić information content (AvgIpc) is 2.20. The van der Waals surface area contributed by atoms with Crippen molar-refractivity contribution in [3.8, 4) is 0 Å². The lowest BCUT2D eigenvalue weighted by Gasteiger charge is -2.34. The van der Waals surface area contributed by atoms with Crippen LogP contribution in [0.5, 0.6) is 0 Å². The fourth-order valence-electron chi connectivity index (χ4n) is 2.02. The lowest BCUT2D eigenvalue weighted by molar-refractivity contribution is -0.139. The molecule has 4 nitrogen and oxygen atoms in total. The molecule has 0 bridgehead atoms. The van der Waals surface area contributed by atoms with E-state index in [4.69, 9.17) is 15.6 Å². The molecule has 1 atom stereocenters. The van der Waals surface area contributed by atoms with Crippen LogP contribution in [-0.2, 0) is 9.53 Å². The molecule has 0 aromatic heterocycles. The highest BCUT2D eigenvalue weighted by molar-refractivity contribution is 5.72. The minimum absolute atomic E-state index is 0.300. The summed E-state index contributed by atoms with van der Waals surface area (Å²) in [7, 11) is 0. The summed E-state index contributed by atoms with van der Waals surface area (Å²) in [6, 6.07) is -0.792. The van der Waals surface area contributed by atoms with Crippen molar-refractivity contribution in [1.82, 2.24) is 0 Å². The molecule has 0 saturated heterocycles. The van der Waals surface area contributed by atoms with E-state index in [9.17, 15) is 4.79 Å². The van der Waals surface area contributed by atoms with Gasteiger partial charge in [0, 0.05) is 6.61 Å². The Hall–Kier alpha value is -0.610. The maximum atomic E-state index is 10.5. The number of hydrogen-bond acceptors (Lipinski definition) is 3. The van der Waals surface area contributed by atoms with E-state index < -0.39 is 12.0 Å². The normalized spacial score (nSPS) is 22.9. The molecule has 94 valence electrons. The quantitative estimate of drug-likeness (QED) is 0.753. The Morgan fingerprint density at radius 1 is 1.50 bits per heavy atom. The number of nitrogens with two attached hydrogens (primary N) is 1. The van der Waals surface area contributed by atoms with Gasteiger partial charge in [0.05, 0.1) is 6.10 Å². The first-order valence-electron chi connectivity index (χ1n) is 6.01. The average molecular weight is 229 g/mol. The number of carbonyl (C=O) groups is 1. The third-order valence-electron chi connectivity index (χ3n) is 3.39. The number of hydrogen-bond donors (Lipinski definition) is 2. The smallest absolute Gasteiger partial charge is 0.320 e. The molecule has 0 aliphatic heterocycles. The Bertz CT molecular complexity index is 230. The standard InChI is InChI=1S/C12H23NO3/c1-12(2)6-3-9(4-7-12)16-8-5-10(13)11(14)15/h9-10H,3-8,13H2,1-2H3,(H,14,15). The molecule has 0 radical (unpaired) electrons. The molecule has 3 N–H and O–H groups in total. The summed E-state index contributed by atoms with van der Waals surface area (Å²) in [6.07, 6.45) is 5.22. The van der Waals surface area contributed by atoms with Gasteiger partial charge in [-0.2, -0.15) is 0 Å². The second-order valence-electron chi connectivity index (χ2n) is 5.47. The van der Waals surface area contributed by atoms with Crippen molar-refractivity contribution < 1.29 is 14.6 Å². The highest BCUT2D eigenvalue weighted by atomic mass is 16.5. The van der Waals surface area contributed by atoms with E-state index in [1.54, 1.807) is 0 Å². The predicted octanol–water partition coefficient (Wildman–Crippen LogP) is 1.77. The lowest BCUT2D eigenvalue weighted by Crippen LogP contribution is -2.33. The summed E-state index contributed by atoms with van der Waals surface area (Å²) in [6.45, 7) is 5.02. The van der Waals surface area contributed by atoms with Crippen molar-refractivity contribution in [2.45, 2.75) is 58.1 Å². The van der Waals surface area contributed by atoms with Gasteiger partial charge in [0.2, 0.25) is 0 Å². The molecule has 1 fully saturated rings. The molecule has 0 amide bonds. The van der Waals surface area contributed by atoms with Crippen LogP contribution in [0.3, 0.4) is 0 Å². The number of rotatable bonds is 5. The first-order valence-corrected chi connectivity index (χ1v) is 6.01. The summed E-state index contributed by atoms with van der Waals surface area (Å²) in [5, 5.41) is 8.61. The van der Waals surface area contributed by atoms with Crippen molar-refractivity contribution >= 4 is 5.97 Å². The van der Waals surface area contributed by atoms with Crippen LogP contribution in [-0.4, -0.2) is 29.8 Å². The fourth-order valence-corrected chi connectivity index (χ4v) is 2.02. The molecule has 1 saturated carbocycles. The summed E-state index contributed by atoms with van der Waals surface area (Å²) in [5.74, 6) is -0.951. The number of ether oxygens (including phenoxy) is 1. The second kappa shape index (κ2) is 5.64. The summed E-state index contributed by atoms with van der Waals surface area (Å²) < 4.78 is 5.65. The van der Waals surface area contributed by atoms with Gasteiger partial charge in [-0.05, 0) is 37.5 Å². The van der Waals surface area contributed by atoms with Gasteiger partial charge in [-0.1, -0.05) is 13.8 Å². The summed E-state index contributed by atoms with van der Waals surface area (Å²) in [4.78, 5) is 10.5. The molecule has 16 heavy (non-hydrogen) atoms. The van der Waals surface area contributed by atoms with Crippen molar-refractivity contribution in [2.24, 2.45) is 11.1 Å². The molecule has 0 aromatic rings. The van der Waals surface area contributed by atoms with Gasteiger partial charge in [-0.25, -0.2) is 0 Å². The zero-order valence-corrected chi connectivity index (χ0v) is 10.2. The van der Waals surface area contributed by atoms with Crippen LogP contribution in [0.2, 0.25) is 0 Å². The van der Waals surface area contributed by atoms with E-state index in [1.165, 1.54) is 12.8 Å². The first kappa shape index (κ1) is 13.5. The summed E-state index contributed by atoms with van der Waals surface area (Å²) >= 11 is 0. The largest absolute Gasteiger partial charge is 0.480 e. The Morgan fingerprint density at radius 3 is 2.56 bits per heavy atom. The van der Waals surface area contributed by atoms with Gasteiger partial charge in [-0.3, -0.25) is 4.79 Å². The SMILES string of the molecule is CC1(C)CCC(OCCC(N)C(=O)O)CC1. The van der Waals surface area contributed by atoms with Crippen LogP contribution >= 0.6 is 0 Å². The van der Waals surface area contributed by atoms with Gasteiger partial charge in [0.25, 0.3) is 0 Å². The van der Waals surface area contributed by atoms with Gasteiger partial charge < -0.3 is 15.6 Å². The Labute approximate surface area is 97.2 Å². The molecular formula is C12H23NO3. The second-order valence-corrected chi connectivity index (χ2v) is 5.47. The number of carboxylic acid groups (broad SMARTS) is 1. The van der Waals surface area contributed by atoms with Crippen molar-refractivity contribution in [3.63, 3.8) is 0 Å². The van der Waals surface area contributed by atoms with Crippen LogP contribution in [0.15, 0.2) is 0 Å². The molecule has 1 aliphatic rings. The van der Waals surface area contributed by atoms with Crippen LogP contribution < -0.4 is 5.73 Å². The highest BCUT2D eigenvalue weighted by Gasteiger charge is 2.27. The molecule has 0 spiro atoms. The van der Waals surface area contributed by atoms with Gasteiger partial charge in [0.1, 0.15) is 6.04 Å². The van der Waals surface area contributed by atoms with Crippen LogP contribution in [0.1, 0.15) is 46.0 Å². The van der Waals surface area contributed by atoms with E-state index >= 15 is 0 Å². The molecular weight excluding hydrogens is 206 g/mol. The monoisotopic (exact) mass is 229 g/mol. The van der Waals surface area contributed by atoms with Crippen LogP contribution in [0, 0.1) is 5.41 Å². The van der Waals surface area contributed by atoms with E-state index in [-0.39, 0.29) is 0 Å². The van der Waals surface area contributed by atoms with Gasteiger partial charge in [0.15, 0.2) is 0 Å². The third kappa shape index (κ3) is 4.49. The van der Waals surface area contributed by atoms with E-state index in [2.05, 4.69) is 13.8 Å².